The van der Waals surface area contributed by atoms with Crippen molar-refractivity contribution in [3.05, 3.63) is 64.4 Å². The first kappa shape index (κ1) is 20.5. The van der Waals surface area contributed by atoms with Gasteiger partial charge in [-0.1, -0.05) is 12.1 Å². The van der Waals surface area contributed by atoms with E-state index in [-0.39, 0.29) is 17.4 Å². The lowest BCUT2D eigenvalue weighted by Gasteiger charge is -2.14. The lowest BCUT2D eigenvalue weighted by Crippen LogP contribution is -2.25. The lowest BCUT2D eigenvalue weighted by atomic mass is 10.1. The van der Waals surface area contributed by atoms with Gasteiger partial charge >= 0.3 is 0 Å². The number of anilines is 1. The number of fused-ring (bicyclic) bond motifs is 1. The maximum Gasteiger partial charge on any atom is 0.262 e. The Bertz CT molecular complexity index is 1060. The average Bonchev–Trinajstić information content (AvgIpc) is 2.71. The fourth-order valence-corrected chi connectivity index (χ4v) is 2.90. The second-order valence-electron chi connectivity index (χ2n) is 7.04. The van der Waals surface area contributed by atoms with E-state index in [2.05, 4.69) is 15.5 Å². The van der Waals surface area contributed by atoms with Crippen LogP contribution in [0.2, 0.25) is 0 Å². The molecule has 0 unspecified atom stereocenters. The van der Waals surface area contributed by atoms with Crippen molar-refractivity contribution in [2.75, 3.05) is 12.0 Å². The van der Waals surface area contributed by atoms with Crippen molar-refractivity contribution in [3.63, 3.8) is 0 Å². The quantitative estimate of drug-likeness (QED) is 0.345. The normalized spacial score (nSPS) is 11.9. The molecule has 0 spiro atoms. The summed E-state index contributed by atoms with van der Waals surface area (Å²) >= 11 is 0. The fraction of sp³-hybridized carbons (Fsp3) is 0.318. The van der Waals surface area contributed by atoms with Gasteiger partial charge in [0.15, 0.2) is 0 Å². The first-order valence-corrected chi connectivity index (χ1v) is 9.66. The van der Waals surface area contributed by atoms with Crippen molar-refractivity contribution in [3.8, 4) is 5.75 Å². The van der Waals surface area contributed by atoms with Gasteiger partial charge in [0.1, 0.15) is 5.75 Å². The third kappa shape index (κ3) is 5.20. The van der Waals surface area contributed by atoms with E-state index in [1.54, 1.807) is 34.9 Å². The number of para-hydroxylation sites is 1. The molecular formula is C22H26N4O3. The summed E-state index contributed by atoms with van der Waals surface area (Å²) in [6.45, 7) is 6.85. The van der Waals surface area contributed by atoms with Crippen LogP contribution in [-0.4, -0.2) is 33.1 Å². The predicted octanol–water partition coefficient (Wildman–Crippen LogP) is 3.75. The van der Waals surface area contributed by atoms with Crippen LogP contribution in [0.5, 0.6) is 5.75 Å². The molecule has 0 atom stereocenters. The number of hydrogen-bond donors (Lipinski definition) is 2. The highest BCUT2D eigenvalue weighted by Crippen LogP contribution is 2.14. The molecule has 0 radical (unpaired) electrons. The molecule has 0 saturated carbocycles. The number of hydrazone groups is 1. The molecular weight excluding hydrogens is 368 g/mol. The number of nitrogens with zero attached hydrogens (tertiary/aromatic N) is 3. The zero-order valence-electron chi connectivity index (χ0n) is 16.9. The molecule has 0 amide bonds. The molecule has 2 N–H and O–H groups in total. The smallest absolute Gasteiger partial charge is 0.262 e. The van der Waals surface area contributed by atoms with Crippen LogP contribution in [-0.2, 0) is 11.3 Å². The molecule has 7 nitrogen and oxygen atoms in total. The largest absolute Gasteiger partial charge is 0.508 e. The fourth-order valence-electron chi connectivity index (χ4n) is 2.90. The van der Waals surface area contributed by atoms with Crippen molar-refractivity contribution in [1.29, 1.82) is 0 Å². The van der Waals surface area contributed by atoms with Crippen LogP contribution in [0.3, 0.4) is 0 Å². The summed E-state index contributed by atoms with van der Waals surface area (Å²) in [7, 11) is 0. The van der Waals surface area contributed by atoms with Crippen LogP contribution in [0.4, 0.5) is 5.95 Å². The summed E-state index contributed by atoms with van der Waals surface area (Å²) in [5, 5.41) is 14.4. The predicted molar refractivity (Wildman–Crippen MR) is 116 cm³/mol. The number of aromatic hydroxyl groups is 1. The maximum atomic E-state index is 13.0. The van der Waals surface area contributed by atoms with E-state index in [4.69, 9.17) is 4.74 Å². The molecule has 0 saturated heterocycles. The molecule has 2 aromatic carbocycles. The van der Waals surface area contributed by atoms with Gasteiger partial charge in [-0.2, -0.15) is 5.10 Å². The van der Waals surface area contributed by atoms with Crippen LogP contribution in [0.1, 0.15) is 32.8 Å². The Balaban J connectivity index is 1.89. The topological polar surface area (TPSA) is 88.7 Å². The van der Waals surface area contributed by atoms with Gasteiger partial charge in [0, 0.05) is 13.2 Å². The molecule has 7 heteroatoms. The first-order valence-electron chi connectivity index (χ1n) is 9.66. The van der Waals surface area contributed by atoms with Gasteiger partial charge in [0.05, 0.1) is 22.7 Å². The Labute approximate surface area is 169 Å². The molecule has 0 aliphatic heterocycles. The Hall–Kier alpha value is -3.19. The molecule has 1 heterocycles. The zero-order valence-corrected chi connectivity index (χ0v) is 16.9. The Morgan fingerprint density at radius 2 is 1.93 bits per heavy atom. The molecule has 0 aliphatic rings. The first-order chi connectivity index (χ1) is 14.0. The molecule has 3 rings (SSSR count). The van der Waals surface area contributed by atoms with E-state index < -0.39 is 0 Å². The van der Waals surface area contributed by atoms with E-state index in [9.17, 15) is 9.90 Å². The minimum atomic E-state index is -0.111. The number of benzene rings is 2. The van der Waals surface area contributed by atoms with Crippen LogP contribution >= 0.6 is 0 Å². The third-order valence-electron chi connectivity index (χ3n) is 4.45. The number of phenolic OH excluding ortho intramolecular Hbond substituents is 1. The second-order valence-corrected chi connectivity index (χ2v) is 7.04. The number of aromatic nitrogens is 2. The third-order valence-corrected chi connectivity index (χ3v) is 4.45. The summed E-state index contributed by atoms with van der Waals surface area (Å²) in [6, 6.07) is 14.0. The zero-order chi connectivity index (χ0) is 20.8. The van der Waals surface area contributed by atoms with Crippen molar-refractivity contribution >= 4 is 22.6 Å². The summed E-state index contributed by atoms with van der Waals surface area (Å²) in [6.07, 6.45) is 0.838. The number of rotatable bonds is 8. The number of phenols is 1. The van der Waals surface area contributed by atoms with Gasteiger partial charge in [-0.3, -0.25) is 9.36 Å². The van der Waals surface area contributed by atoms with E-state index >= 15 is 0 Å². The molecule has 0 bridgehead atoms. The van der Waals surface area contributed by atoms with Gasteiger partial charge in [-0.05, 0) is 69.2 Å². The Kier molecular flexibility index (Phi) is 6.61. The molecule has 1 aromatic heterocycles. The van der Waals surface area contributed by atoms with Crippen molar-refractivity contribution in [2.24, 2.45) is 5.10 Å². The molecule has 29 heavy (non-hydrogen) atoms. The lowest BCUT2D eigenvalue weighted by molar-refractivity contribution is 0.0748. The molecule has 0 aliphatic carbocycles. The van der Waals surface area contributed by atoms with E-state index in [0.29, 0.717) is 42.1 Å². The molecule has 3 aromatic rings. The van der Waals surface area contributed by atoms with Gasteiger partial charge in [0.2, 0.25) is 5.95 Å². The van der Waals surface area contributed by atoms with Crippen LogP contribution < -0.4 is 11.0 Å². The van der Waals surface area contributed by atoms with E-state index in [0.717, 1.165) is 5.56 Å². The highest BCUT2D eigenvalue weighted by Gasteiger charge is 2.11. The van der Waals surface area contributed by atoms with Gasteiger partial charge in [-0.15, -0.1) is 0 Å². The van der Waals surface area contributed by atoms with Crippen LogP contribution in [0.15, 0.2) is 58.4 Å². The molecule has 152 valence electrons. The second kappa shape index (κ2) is 9.34. The van der Waals surface area contributed by atoms with Crippen molar-refractivity contribution < 1.29 is 9.84 Å². The summed E-state index contributed by atoms with van der Waals surface area (Å²) < 4.78 is 7.19. The van der Waals surface area contributed by atoms with Crippen molar-refractivity contribution in [2.45, 2.75) is 39.8 Å². The summed E-state index contributed by atoms with van der Waals surface area (Å²) in [5.41, 5.74) is 5.02. The SMILES string of the molecule is C/C(=N\Nc1nc2ccccc2c(=O)n1CCCOC(C)C)c1ccc(O)cc1. The Morgan fingerprint density at radius 3 is 2.66 bits per heavy atom. The van der Waals surface area contributed by atoms with Gasteiger partial charge in [-0.25, -0.2) is 10.4 Å². The Morgan fingerprint density at radius 1 is 1.21 bits per heavy atom. The van der Waals surface area contributed by atoms with E-state index in [1.165, 1.54) is 0 Å². The highest BCUT2D eigenvalue weighted by molar-refractivity contribution is 5.99. The monoisotopic (exact) mass is 394 g/mol. The minimum Gasteiger partial charge on any atom is -0.508 e. The van der Waals surface area contributed by atoms with E-state index in [1.807, 2.05) is 39.0 Å². The maximum absolute atomic E-state index is 13.0. The summed E-state index contributed by atoms with van der Waals surface area (Å²) in [4.78, 5) is 17.6. The van der Waals surface area contributed by atoms with Gasteiger partial charge < -0.3 is 9.84 Å². The summed E-state index contributed by atoms with van der Waals surface area (Å²) in [5.74, 6) is 0.583. The van der Waals surface area contributed by atoms with Crippen LogP contribution in [0.25, 0.3) is 10.9 Å². The van der Waals surface area contributed by atoms with Gasteiger partial charge in [0.25, 0.3) is 5.56 Å². The van der Waals surface area contributed by atoms with Crippen molar-refractivity contribution in [1.82, 2.24) is 9.55 Å². The number of nitrogens with one attached hydrogen (secondary N) is 1. The van der Waals surface area contributed by atoms with Crippen LogP contribution in [0, 0.1) is 0 Å². The molecule has 0 fully saturated rings. The standard InChI is InChI=1S/C22H26N4O3/c1-15(2)29-14-6-13-26-21(28)19-7-4-5-8-20(19)23-22(26)25-24-16(3)17-9-11-18(27)12-10-17/h4-5,7-12,15,27H,6,13-14H2,1-3H3,(H,23,25)/b24-16+. The number of ether oxygens (including phenoxy) is 1. The minimum absolute atomic E-state index is 0.111. The number of hydrogen-bond acceptors (Lipinski definition) is 6. The average molecular weight is 394 g/mol. The highest BCUT2D eigenvalue weighted by atomic mass is 16.5.